The van der Waals surface area contributed by atoms with E-state index in [9.17, 15) is 29.7 Å². The number of fused-ring (bicyclic) bond motifs is 1. The maximum Gasteiger partial charge on any atom is 0.425 e. The van der Waals surface area contributed by atoms with Crippen molar-refractivity contribution in [3.05, 3.63) is 35.4 Å². The van der Waals surface area contributed by atoms with Gasteiger partial charge in [-0.2, -0.15) is 0 Å². The summed E-state index contributed by atoms with van der Waals surface area (Å²) in [6.45, 7) is 14.2. The number of carbonyl (C=O) groups is 3. The van der Waals surface area contributed by atoms with Crippen LogP contribution >= 0.6 is 0 Å². The van der Waals surface area contributed by atoms with Gasteiger partial charge in [0.25, 0.3) is 0 Å². The van der Waals surface area contributed by atoms with Crippen molar-refractivity contribution in [2.45, 2.75) is 135 Å². The fraction of sp³-hybridized carbons (Fsp3) is 0.711. The largest absolute Gasteiger partial charge is 0.508 e. The molecule has 292 valence electrons. The van der Waals surface area contributed by atoms with Crippen molar-refractivity contribution in [2.75, 3.05) is 21.2 Å². The van der Waals surface area contributed by atoms with Crippen LogP contribution in [-0.4, -0.2) is 118 Å². The van der Waals surface area contributed by atoms with Crippen molar-refractivity contribution in [1.29, 1.82) is 0 Å². The number of hydrogen-bond acceptors (Lipinski definition) is 13. The number of benzene rings is 1. The molecule has 0 spiro atoms. The van der Waals surface area contributed by atoms with Crippen molar-refractivity contribution in [3.8, 4) is 11.5 Å². The Balaban J connectivity index is 1.77. The lowest BCUT2D eigenvalue weighted by molar-refractivity contribution is -0.294. The van der Waals surface area contributed by atoms with Crippen LogP contribution in [0.5, 0.6) is 11.5 Å². The zero-order valence-corrected chi connectivity index (χ0v) is 32.4. The number of aliphatic hydroxyl groups is 1. The molecule has 1 aromatic carbocycles. The van der Waals surface area contributed by atoms with Crippen LogP contribution in [0.15, 0.2) is 29.8 Å². The number of ketones is 1. The van der Waals surface area contributed by atoms with Crippen LogP contribution in [0.25, 0.3) is 0 Å². The summed E-state index contributed by atoms with van der Waals surface area (Å²) in [5, 5.41) is 33.0. The number of rotatable bonds is 8. The number of phenols is 2. The molecule has 3 aliphatic heterocycles. The third-order valence-electron chi connectivity index (χ3n) is 11.2. The number of cyclic esters (lactones) is 1. The quantitative estimate of drug-likeness (QED) is 0.223. The van der Waals surface area contributed by atoms with Crippen LogP contribution in [0.1, 0.15) is 80.2 Å². The number of methoxy groups -OCH3 is 1. The third kappa shape index (κ3) is 8.42. The van der Waals surface area contributed by atoms with Gasteiger partial charge in [-0.3, -0.25) is 4.79 Å². The van der Waals surface area contributed by atoms with E-state index in [1.54, 1.807) is 40.7 Å². The molecule has 0 saturated carbocycles. The summed E-state index contributed by atoms with van der Waals surface area (Å²) in [6, 6.07) is 2.85. The molecule has 0 aliphatic carbocycles. The number of aliphatic hydroxyl groups excluding tert-OH is 1. The van der Waals surface area contributed by atoms with Crippen molar-refractivity contribution >= 4 is 17.8 Å². The zero-order chi connectivity index (χ0) is 38.9. The number of amides is 1. The molecular weight excluding hydrogens is 674 g/mol. The Kier molecular flexibility index (Phi) is 13.1. The highest BCUT2D eigenvalue weighted by Crippen LogP contribution is 2.42. The van der Waals surface area contributed by atoms with Gasteiger partial charge in [0.2, 0.25) is 0 Å². The van der Waals surface area contributed by atoms with Crippen LogP contribution < -0.4 is 5.43 Å². The predicted molar refractivity (Wildman–Crippen MR) is 191 cm³/mol. The molecule has 4 N–H and O–H groups in total. The average Bonchev–Trinajstić information content (AvgIpc) is 3.34. The highest BCUT2D eigenvalue weighted by molar-refractivity contribution is 5.88. The van der Waals surface area contributed by atoms with Gasteiger partial charge in [0.15, 0.2) is 11.9 Å². The minimum atomic E-state index is -1.47. The first-order valence-corrected chi connectivity index (χ1v) is 18.2. The topological polar surface area (TPSA) is 177 Å². The molecule has 0 aromatic heterocycles. The molecule has 14 nitrogen and oxygen atoms in total. The summed E-state index contributed by atoms with van der Waals surface area (Å²) in [7, 11) is 5.32. The molecule has 2 saturated heterocycles. The number of nitrogens with one attached hydrogen (secondary N) is 1. The van der Waals surface area contributed by atoms with Gasteiger partial charge in [-0.15, -0.1) is 0 Å². The lowest BCUT2D eigenvalue weighted by Gasteiger charge is -2.46. The number of hydrogen-bond donors (Lipinski definition) is 4. The van der Waals surface area contributed by atoms with E-state index in [1.165, 1.54) is 30.3 Å². The van der Waals surface area contributed by atoms with Crippen LogP contribution in [0.2, 0.25) is 0 Å². The molecule has 0 unspecified atom stereocenters. The number of likely N-dealkylation sites (N-methyl/N-ethyl adjacent to an activating group) is 1. The van der Waals surface area contributed by atoms with Crippen molar-refractivity contribution in [2.24, 2.45) is 17.8 Å². The highest BCUT2D eigenvalue weighted by atomic mass is 16.7. The number of carbonyl (C=O) groups excluding carboxylic acids is 3. The molecule has 3 heterocycles. The van der Waals surface area contributed by atoms with E-state index in [1.807, 2.05) is 39.8 Å². The second kappa shape index (κ2) is 16.4. The number of aromatic hydroxyl groups is 2. The SMILES string of the molecule is CC[C@H]1OC(=O)/C(C)=C/[C@H](C)[C@@H](O[C@@H]2O[C@H](C)C[C@H](N(C)C)[C@H]2O)[C@](C)(OC)C[C@@H](C)C(=O)[C@H](C)[C@H]2N(NCc3cc(O)ccc3O)C(=O)O[C@]12C. The molecule has 0 bridgehead atoms. The number of Topliss-reactive ketones (excluding diaryl/α,β-unsaturated/α-hetero) is 1. The molecule has 4 rings (SSSR count). The Morgan fingerprint density at radius 3 is 2.38 bits per heavy atom. The van der Waals surface area contributed by atoms with Crippen LogP contribution in [-0.2, 0) is 39.8 Å². The predicted octanol–water partition coefficient (Wildman–Crippen LogP) is 4.05. The maximum atomic E-state index is 14.6. The average molecular weight is 734 g/mol. The summed E-state index contributed by atoms with van der Waals surface area (Å²) in [5.41, 5.74) is 1.01. The van der Waals surface area contributed by atoms with E-state index in [-0.39, 0.29) is 54.4 Å². The van der Waals surface area contributed by atoms with Gasteiger partial charge in [-0.05, 0) is 79.3 Å². The first-order valence-electron chi connectivity index (χ1n) is 18.2. The van der Waals surface area contributed by atoms with Crippen LogP contribution in [0.3, 0.4) is 0 Å². The van der Waals surface area contributed by atoms with Gasteiger partial charge < -0.3 is 43.9 Å². The molecule has 14 heteroatoms. The van der Waals surface area contributed by atoms with Gasteiger partial charge in [0.05, 0.1) is 17.8 Å². The Labute approximate surface area is 307 Å². The Hall–Kier alpha value is -3.27. The second-order valence-electron chi connectivity index (χ2n) is 15.5. The Morgan fingerprint density at radius 2 is 1.77 bits per heavy atom. The summed E-state index contributed by atoms with van der Waals surface area (Å²) in [5.74, 6) is -2.97. The van der Waals surface area contributed by atoms with Gasteiger partial charge in [-0.1, -0.05) is 33.8 Å². The monoisotopic (exact) mass is 733 g/mol. The Bertz CT molecular complexity index is 1490. The van der Waals surface area contributed by atoms with Crippen molar-refractivity contribution in [3.63, 3.8) is 0 Å². The molecule has 52 heavy (non-hydrogen) atoms. The molecule has 12 atom stereocenters. The summed E-state index contributed by atoms with van der Waals surface area (Å²) in [6.07, 6.45) is -1.94. The van der Waals surface area contributed by atoms with E-state index in [2.05, 4.69) is 5.43 Å². The van der Waals surface area contributed by atoms with Gasteiger partial charge in [0.1, 0.15) is 35.5 Å². The number of esters is 1. The minimum Gasteiger partial charge on any atom is -0.508 e. The van der Waals surface area contributed by atoms with Crippen LogP contribution in [0.4, 0.5) is 4.79 Å². The van der Waals surface area contributed by atoms with Crippen LogP contribution in [0, 0.1) is 17.8 Å². The van der Waals surface area contributed by atoms with E-state index in [0.29, 0.717) is 12.0 Å². The number of ether oxygens (including phenoxy) is 5. The molecule has 3 aliphatic rings. The summed E-state index contributed by atoms with van der Waals surface area (Å²) < 4.78 is 31.1. The lowest BCUT2D eigenvalue weighted by Crippen LogP contribution is -2.60. The third-order valence-corrected chi connectivity index (χ3v) is 11.2. The number of phenolic OH excluding ortho intramolecular Hbond substituents is 2. The molecular formula is C38H59N3O11. The standard InChI is InChI=1S/C38H59N3O11/c1-12-29-38(8)32(41(36(47)52-38)39-19-25-17-26(42)13-14-28(25)43)24(6)30(44)22(4)18-37(7,48-11)33(20(2)15-21(3)34(46)50-29)51-35-31(45)27(40(9)10)16-23(5)49-35/h13-15,17,20,22-24,27,29,31-33,35,39,42-43,45H,12,16,18-19H2,1-11H3/b21-15+/t20-,22+,23+,24-,27-,29+,31+,32+,33+,35-,37+,38+/m0/s1. The maximum absolute atomic E-state index is 14.6. The normalized spacial score (nSPS) is 39.0. The Morgan fingerprint density at radius 1 is 1.10 bits per heavy atom. The zero-order valence-electron chi connectivity index (χ0n) is 32.4. The van der Waals surface area contributed by atoms with Crippen molar-refractivity contribution in [1.82, 2.24) is 15.3 Å². The summed E-state index contributed by atoms with van der Waals surface area (Å²) >= 11 is 0. The number of hydrazine groups is 1. The van der Waals surface area contributed by atoms with E-state index < -0.39 is 71.7 Å². The smallest absolute Gasteiger partial charge is 0.425 e. The minimum absolute atomic E-state index is 0.0745. The molecule has 1 amide bonds. The van der Waals surface area contributed by atoms with E-state index in [4.69, 9.17) is 23.7 Å². The summed E-state index contributed by atoms with van der Waals surface area (Å²) in [4.78, 5) is 43.9. The molecule has 2 fully saturated rings. The van der Waals surface area contributed by atoms with Crippen molar-refractivity contribution < 1.29 is 53.4 Å². The van der Waals surface area contributed by atoms with Gasteiger partial charge >= 0.3 is 12.1 Å². The van der Waals surface area contributed by atoms with E-state index in [0.717, 1.165) is 0 Å². The fourth-order valence-electron chi connectivity index (χ4n) is 8.32. The molecule has 0 radical (unpaired) electrons. The van der Waals surface area contributed by atoms with Gasteiger partial charge in [0, 0.05) is 48.6 Å². The second-order valence-corrected chi connectivity index (χ2v) is 15.5. The lowest BCUT2D eigenvalue weighted by atomic mass is 9.74. The first-order chi connectivity index (χ1) is 24.3. The first kappa shape index (κ1) is 41.5. The number of nitrogens with zero attached hydrogens (tertiary/aromatic N) is 2. The van der Waals surface area contributed by atoms with E-state index >= 15 is 0 Å². The van der Waals surface area contributed by atoms with Gasteiger partial charge in [-0.25, -0.2) is 20.0 Å². The fourth-order valence-corrected chi connectivity index (χ4v) is 8.32. The molecule has 1 aromatic rings. The highest BCUT2D eigenvalue weighted by Gasteiger charge is 2.60.